The molecule has 0 spiro atoms. The van der Waals surface area contributed by atoms with Gasteiger partial charge in [-0.15, -0.1) is 0 Å². The van der Waals surface area contributed by atoms with Gasteiger partial charge in [0.25, 0.3) is 0 Å². The second-order valence-electron chi connectivity index (χ2n) is 9.40. The van der Waals surface area contributed by atoms with Crippen molar-refractivity contribution in [1.29, 1.82) is 0 Å². The molecule has 176 valence electrons. The number of allylic oxidation sites excluding steroid dienone is 7. The lowest BCUT2D eigenvalue weighted by molar-refractivity contribution is 0.590. The minimum Gasteiger partial charge on any atom is -0.309 e. The average molecular weight is 477 g/mol. The first-order valence-corrected chi connectivity index (χ1v) is 14.6. The van der Waals surface area contributed by atoms with E-state index in [4.69, 9.17) is 0 Å². The van der Waals surface area contributed by atoms with Gasteiger partial charge in [0.2, 0.25) is 0 Å². The zero-order valence-electron chi connectivity index (χ0n) is 20.5. The first kappa shape index (κ1) is 23.6. The van der Waals surface area contributed by atoms with E-state index in [1.807, 2.05) is 60.7 Å². The Bertz CT molecular complexity index is 1300. The molecule has 0 heterocycles. The van der Waals surface area contributed by atoms with Gasteiger partial charge < -0.3 is 4.57 Å². The predicted molar refractivity (Wildman–Crippen MR) is 151 cm³/mol. The van der Waals surface area contributed by atoms with Crippen LogP contribution < -0.4 is 10.6 Å². The van der Waals surface area contributed by atoms with Crippen molar-refractivity contribution in [2.24, 2.45) is 0 Å². The van der Waals surface area contributed by atoms with Gasteiger partial charge in [0.1, 0.15) is 0 Å². The van der Waals surface area contributed by atoms with Gasteiger partial charge in [-0.3, -0.25) is 0 Å². The monoisotopic (exact) mass is 476 g/mol. The SMILES string of the molecule is CCC/C=C(/C1=CC2=C(CCCC2)/C1=C\c1ccccc1)P(=O)(c1ccccc1)c1ccccc1. The molecule has 0 bridgehead atoms. The molecule has 0 saturated carbocycles. The van der Waals surface area contributed by atoms with Gasteiger partial charge in [-0.2, -0.15) is 0 Å². The molecule has 0 amide bonds. The fraction of sp³-hybridized carbons (Fsp3) is 0.212. The van der Waals surface area contributed by atoms with Gasteiger partial charge >= 0.3 is 0 Å². The summed E-state index contributed by atoms with van der Waals surface area (Å²) in [6.07, 6.45) is 13.5. The zero-order valence-corrected chi connectivity index (χ0v) is 21.4. The fourth-order valence-corrected chi connectivity index (χ4v) is 8.24. The van der Waals surface area contributed by atoms with Crippen molar-refractivity contribution in [3.05, 3.63) is 136 Å². The molecule has 2 aliphatic rings. The van der Waals surface area contributed by atoms with Crippen molar-refractivity contribution < 1.29 is 4.57 Å². The van der Waals surface area contributed by atoms with E-state index < -0.39 is 7.14 Å². The number of rotatable bonds is 7. The van der Waals surface area contributed by atoms with Crippen LogP contribution in [-0.2, 0) is 4.57 Å². The number of unbranched alkanes of at least 4 members (excludes halogenated alkanes) is 1. The van der Waals surface area contributed by atoms with E-state index in [1.54, 1.807) is 0 Å². The Morgan fingerprint density at radius 3 is 1.97 bits per heavy atom. The number of hydrogen-bond acceptors (Lipinski definition) is 1. The summed E-state index contributed by atoms with van der Waals surface area (Å²) in [5.74, 6) is 0. The van der Waals surface area contributed by atoms with Crippen molar-refractivity contribution in [3.8, 4) is 0 Å². The van der Waals surface area contributed by atoms with E-state index in [0.29, 0.717) is 0 Å². The summed E-state index contributed by atoms with van der Waals surface area (Å²) in [7, 11) is -3.08. The van der Waals surface area contributed by atoms with E-state index in [-0.39, 0.29) is 0 Å². The highest BCUT2D eigenvalue weighted by atomic mass is 31.2. The van der Waals surface area contributed by atoms with Crippen molar-refractivity contribution in [2.45, 2.75) is 45.4 Å². The van der Waals surface area contributed by atoms with Crippen LogP contribution in [0.5, 0.6) is 0 Å². The van der Waals surface area contributed by atoms with Crippen LogP contribution in [0.25, 0.3) is 6.08 Å². The highest BCUT2D eigenvalue weighted by Crippen LogP contribution is 2.59. The Morgan fingerprint density at radius 2 is 1.37 bits per heavy atom. The Kier molecular flexibility index (Phi) is 7.16. The molecule has 3 aromatic carbocycles. The van der Waals surface area contributed by atoms with Gasteiger partial charge in [-0.1, -0.05) is 116 Å². The normalized spacial score (nSPS) is 17.5. The summed E-state index contributed by atoms with van der Waals surface area (Å²) in [6, 6.07) is 30.8. The Balaban J connectivity index is 1.74. The van der Waals surface area contributed by atoms with Gasteiger partial charge in [0.05, 0.1) is 0 Å². The quantitative estimate of drug-likeness (QED) is 0.312. The lowest BCUT2D eigenvalue weighted by atomic mass is 9.89. The summed E-state index contributed by atoms with van der Waals surface area (Å²) in [6.45, 7) is 2.19. The molecule has 0 N–H and O–H groups in total. The van der Waals surface area contributed by atoms with Crippen LogP contribution in [0.4, 0.5) is 0 Å². The molecule has 0 fully saturated rings. The molecule has 0 aliphatic heterocycles. The second kappa shape index (κ2) is 10.6. The van der Waals surface area contributed by atoms with Crippen LogP contribution in [0.3, 0.4) is 0 Å². The van der Waals surface area contributed by atoms with E-state index in [1.165, 1.54) is 35.1 Å². The van der Waals surface area contributed by atoms with Crippen LogP contribution in [0, 0.1) is 0 Å². The van der Waals surface area contributed by atoms with Gasteiger partial charge in [0.15, 0.2) is 7.14 Å². The molecular formula is C33H33OP. The number of hydrogen-bond donors (Lipinski definition) is 0. The third-order valence-corrected chi connectivity index (χ3v) is 10.2. The van der Waals surface area contributed by atoms with Crippen molar-refractivity contribution in [2.75, 3.05) is 0 Å². The van der Waals surface area contributed by atoms with Crippen LogP contribution >= 0.6 is 7.14 Å². The first-order chi connectivity index (χ1) is 17.2. The summed E-state index contributed by atoms with van der Waals surface area (Å²) >= 11 is 0. The molecule has 0 unspecified atom stereocenters. The molecule has 0 saturated heterocycles. The van der Waals surface area contributed by atoms with Crippen molar-refractivity contribution >= 4 is 23.8 Å². The van der Waals surface area contributed by atoms with E-state index in [2.05, 4.69) is 55.5 Å². The molecule has 5 rings (SSSR count). The largest absolute Gasteiger partial charge is 0.309 e. The summed E-state index contributed by atoms with van der Waals surface area (Å²) in [5, 5.41) is 2.80. The predicted octanol–water partition coefficient (Wildman–Crippen LogP) is 8.58. The molecule has 0 atom stereocenters. The Labute approximate surface area is 210 Å². The third kappa shape index (κ3) is 4.71. The Hall–Kier alpha value is -3.15. The lowest BCUT2D eigenvalue weighted by Gasteiger charge is -2.26. The number of benzene rings is 3. The molecular weight excluding hydrogens is 443 g/mol. The molecule has 3 aromatic rings. The van der Waals surface area contributed by atoms with Gasteiger partial charge in [-0.25, -0.2) is 0 Å². The second-order valence-corrected chi connectivity index (χ2v) is 12.1. The maximum Gasteiger partial charge on any atom is 0.171 e. The molecule has 2 heteroatoms. The maximum atomic E-state index is 15.5. The van der Waals surface area contributed by atoms with E-state index in [9.17, 15) is 0 Å². The van der Waals surface area contributed by atoms with Gasteiger partial charge in [-0.05, 0) is 66.0 Å². The summed E-state index contributed by atoms with van der Waals surface area (Å²) < 4.78 is 15.5. The maximum absolute atomic E-state index is 15.5. The van der Waals surface area contributed by atoms with Crippen LogP contribution in [-0.4, -0.2) is 0 Å². The van der Waals surface area contributed by atoms with E-state index >= 15 is 4.57 Å². The van der Waals surface area contributed by atoms with Gasteiger partial charge in [0, 0.05) is 15.9 Å². The standard InChI is InChI=1S/C33H33OP/c1-2-3-23-33(35(34,28-18-9-5-10-19-28)29-20-11-6-12-21-29)32-25-27-17-13-14-22-30(27)31(32)24-26-15-7-4-8-16-26/h4-12,15-16,18-21,23-25H,2-3,13-14,17,22H2,1H3/b31-24+,33-23-. The fourth-order valence-electron chi connectivity index (χ4n) is 5.30. The zero-order chi connectivity index (χ0) is 24.1. The molecule has 2 aliphatic carbocycles. The Morgan fingerprint density at radius 1 is 0.800 bits per heavy atom. The van der Waals surface area contributed by atoms with Crippen molar-refractivity contribution in [3.63, 3.8) is 0 Å². The van der Waals surface area contributed by atoms with Crippen LogP contribution in [0.15, 0.2) is 131 Å². The highest BCUT2D eigenvalue weighted by molar-refractivity contribution is 7.82. The third-order valence-electron chi connectivity index (χ3n) is 7.04. The lowest BCUT2D eigenvalue weighted by Crippen LogP contribution is -2.18. The first-order valence-electron chi connectivity index (χ1n) is 12.9. The molecule has 0 radical (unpaired) electrons. The van der Waals surface area contributed by atoms with Crippen LogP contribution in [0.1, 0.15) is 51.0 Å². The average Bonchev–Trinajstić information content (AvgIpc) is 3.28. The highest BCUT2D eigenvalue weighted by Gasteiger charge is 2.37. The minimum absolute atomic E-state index is 0.901. The summed E-state index contributed by atoms with van der Waals surface area (Å²) in [4.78, 5) is 0. The smallest absolute Gasteiger partial charge is 0.171 e. The molecule has 0 aromatic heterocycles. The molecule has 1 nitrogen and oxygen atoms in total. The van der Waals surface area contributed by atoms with E-state index in [0.717, 1.165) is 47.2 Å². The minimum atomic E-state index is -3.08. The van der Waals surface area contributed by atoms with Crippen molar-refractivity contribution in [1.82, 2.24) is 0 Å². The topological polar surface area (TPSA) is 17.1 Å². The summed E-state index contributed by atoms with van der Waals surface area (Å²) in [5.41, 5.74) is 6.50. The van der Waals surface area contributed by atoms with Crippen LogP contribution in [0.2, 0.25) is 0 Å². The molecule has 35 heavy (non-hydrogen) atoms.